The van der Waals surface area contributed by atoms with Gasteiger partial charge < -0.3 is 25.6 Å². The van der Waals surface area contributed by atoms with Crippen LogP contribution in [0, 0.1) is 5.92 Å². The second-order valence-corrected chi connectivity index (χ2v) is 7.06. The first-order valence-electron chi connectivity index (χ1n) is 9.72. The van der Waals surface area contributed by atoms with Gasteiger partial charge in [-0.3, -0.25) is 0 Å². The van der Waals surface area contributed by atoms with Crippen molar-refractivity contribution >= 4 is 17.6 Å². The van der Waals surface area contributed by atoms with E-state index in [0.717, 1.165) is 44.1 Å². The Morgan fingerprint density at radius 3 is 2.21 bits per heavy atom. The average Bonchev–Trinajstić information content (AvgIpc) is 2.66. The molecular formula is C21H32N2O5. The summed E-state index contributed by atoms with van der Waals surface area (Å²) < 4.78 is 6.00. The van der Waals surface area contributed by atoms with E-state index in [0.29, 0.717) is 18.3 Å². The lowest BCUT2D eigenvalue weighted by atomic mass is 10.1. The molecule has 1 heterocycles. The molecular weight excluding hydrogens is 360 g/mol. The van der Waals surface area contributed by atoms with Crippen LogP contribution in [0.25, 0.3) is 0 Å². The fourth-order valence-corrected chi connectivity index (χ4v) is 2.64. The molecule has 7 nitrogen and oxygen atoms in total. The van der Waals surface area contributed by atoms with Crippen LogP contribution < -0.4 is 15.4 Å². The second kappa shape index (κ2) is 13.6. The molecule has 7 heteroatoms. The number of nitrogens with one attached hydrogen (secondary N) is 2. The largest absolute Gasteiger partial charge is 0.490 e. The first-order valence-corrected chi connectivity index (χ1v) is 9.72. The van der Waals surface area contributed by atoms with E-state index < -0.39 is 11.9 Å². The molecule has 0 amide bonds. The number of carbonyl (C=O) groups is 2. The highest BCUT2D eigenvalue weighted by atomic mass is 16.5. The quantitative estimate of drug-likeness (QED) is 0.377. The number of carboxylic acids is 2. The number of aliphatic carboxylic acids is 2. The van der Waals surface area contributed by atoms with Gasteiger partial charge in [0.25, 0.3) is 0 Å². The number of hydrogen-bond donors (Lipinski definition) is 4. The van der Waals surface area contributed by atoms with Crippen LogP contribution in [0.4, 0.5) is 5.69 Å². The van der Waals surface area contributed by atoms with Crippen molar-refractivity contribution in [3.8, 4) is 5.75 Å². The Labute approximate surface area is 166 Å². The van der Waals surface area contributed by atoms with Crippen molar-refractivity contribution in [2.75, 3.05) is 25.0 Å². The van der Waals surface area contributed by atoms with Crippen LogP contribution in [0.1, 0.15) is 39.5 Å². The van der Waals surface area contributed by atoms with Gasteiger partial charge in [0.05, 0.1) is 0 Å². The molecule has 2 rings (SSSR count). The van der Waals surface area contributed by atoms with E-state index in [-0.39, 0.29) is 0 Å². The number of hydrogen-bond acceptors (Lipinski definition) is 5. The maximum Gasteiger partial charge on any atom is 0.328 e. The van der Waals surface area contributed by atoms with Gasteiger partial charge >= 0.3 is 11.9 Å². The van der Waals surface area contributed by atoms with Crippen LogP contribution in [0.2, 0.25) is 0 Å². The molecule has 0 spiro atoms. The van der Waals surface area contributed by atoms with Gasteiger partial charge in [-0.15, -0.1) is 0 Å². The van der Waals surface area contributed by atoms with E-state index >= 15 is 0 Å². The minimum absolute atomic E-state index is 0.376. The summed E-state index contributed by atoms with van der Waals surface area (Å²) in [6, 6.07) is 8.39. The van der Waals surface area contributed by atoms with Crippen LogP contribution in [0.5, 0.6) is 5.75 Å². The molecule has 1 fully saturated rings. The molecule has 0 aromatic heterocycles. The van der Waals surface area contributed by atoms with Crippen LogP contribution >= 0.6 is 0 Å². The van der Waals surface area contributed by atoms with Crippen molar-refractivity contribution in [2.45, 2.75) is 45.6 Å². The highest BCUT2D eigenvalue weighted by Gasteiger charge is 2.14. The minimum Gasteiger partial charge on any atom is -0.490 e. The molecule has 1 aliphatic heterocycles. The SMILES string of the molecule is CC(C)CCCNc1ccc(OC2CCNCC2)cc1.O=C(O)/C=C/C(=O)O. The maximum atomic E-state index is 9.55. The van der Waals surface area contributed by atoms with Crippen molar-refractivity contribution in [1.29, 1.82) is 0 Å². The molecule has 0 radical (unpaired) electrons. The summed E-state index contributed by atoms with van der Waals surface area (Å²) in [4.78, 5) is 19.1. The van der Waals surface area contributed by atoms with Gasteiger partial charge in [-0.05, 0) is 69.0 Å². The number of rotatable bonds is 9. The second-order valence-electron chi connectivity index (χ2n) is 7.06. The fraction of sp³-hybridized carbons (Fsp3) is 0.524. The Hall–Kier alpha value is -2.54. The van der Waals surface area contributed by atoms with Gasteiger partial charge in [0, 0.05) is 24.4 Å². The summed E-state index contributed by atoms with van der Waals surface area (Å²) in [5, 5.41) is 22.4. The van der Waals surface area contributed by atoms with Crippen molar-refractivity contribution < 1.29 is 24.5 Å². The monoisotopic (exact) mass is 392 g/mol. The maximum absolute atomic E-state index is 9.55. The van der Waals surface area contributed by atoms with Crippen molar-refractivity contribution in [1.82, 2.24) is 5.32 Å². The van der Waals surface area contributed by atoms with Crippen molar-refractivity contribution in [3.63, 3.8) is 0 Å². The van der Waals surface area contributed by atoms with E-state index in [1.807, 2.05) is 0 Å². The highest BCUT2D eigenvalue weighted by Crippen LogP contribution is 2.19. The zero-order valence-electron chi connectivity index (χ0n) is 16.7. The summed E-state index contributed by atoms with van der Waals surface area (Å²) in [6.07, 6.45) is 6.21. The molecule has 1 saturated heterocycles. The molecule has 0 bridgehead atoms. The summed E-state index contributed by atoms with van der Waals surface area (Å²) in [7, 11) is 0. The Kier molecular flexibility index (Phi) is 11.4. The van der Waals surface area contributed by atoms with Crippen molar-refractivity contribution in [2.24, 2.45) is 5.92 Å². The normalized spacial score (nSPS) is 14.4. The lowest BCUT2D eigenvalue weighted by Gasteiger charge is -2.23. The predicted octanol–water partition coefficient (Wildman–Crippen LogP) is 3.38. The van der Waals surface area contributed by atoms with Crippen molar-refractivity contribution in [3.05, 3.63) is 36.4 Å². The third kappa shape index (κ3) is 12.0. The molecule has 4 N–H and O–H groups in total. The molecule has 1 aliphatic rings. The molecule has 1 aromatic carbocycles. The highest BCUT2D eigenvalue weighted by molar-refractivity contribution is 5.89. The Morgan fingerprint density at radius 2 is 1.71 bits per heavy atom. The van der Waals surface area contributed by atoms with Gasteiger partial charge in [-0.1, -0.05) is 13.8 Å². The predicted molar refractivity (Wildman–Crippen MR) is 110 cm³/mol. The molecule has 0 saturated carbocycles. The Bertz CT molecular complexity index is 592. The van der Waals surface area contributed by atoms with Gasteiger partial charge in [-0.2, -0.15) is 0 Å². The first kappa shape index (κ1) is 23.5. The van der Waals surface area contributed by atoms with Gasteiger partial charge in [0.15, 0.2) is 0 Å². The number of piperidine rings is 1. The zero-order valence-corrected chi connectivity index (χ0v) is 16.7. The lowest BCUT2D eigenvalue weighted by molar-refractivity contribution is -0.134. The van der Waals surface area contributed by atoms with Gasteiger partial charge in [0.2, 0.25) is 0 Å². The molecule has 156 valence electrons. The molecule has 0 unspecified atom stereocenters. The topological polar surface area (TPSA) is 108 Å². The number of anilines is 1. The van der Waals surface area contributed by atoms with Crippen LogP contribution in [-0.2, 0) is 9.59 Å². The summed E-state index contributed by atoms with van der Waals surface area (Å²) in [6.45, 7) is 7.73. The molecule has 0 atom stereocenters. The molecule has 0 aliphatic carbocycles. The van der Waals surface area contributed by atoms with Crippen LogP contribution in [0.15, 0.2) is 36.4 Å². The van der Waals surface area contributed by atoms with E-state index in [1.54, 1.807) is 0 Å². The summed E-state index contributed by atoms with van der Waals surface area (Å²) in [5.74, 6) is -0.734. The van der Waals surface area contributed by atoms with E-state index in [4.69, 9.17) is 14.9 Å². The van der Waals surface area contributed by atoms with E-state index in [2.05, 4.69) is 48.7 Å². The number of carboxylic acid groups (broad SMARTS) is 2. The fourth-order valence-electron chi connectivity index (χ4n) is 2.64. The van der Waals surface area contributed by atoms with Crippen LogP contribution in [-0.4, -0.2) is 47.9 Å². The van der Waals surface area contributed by atoms with Crippen LogP contribution in [0.3, 0.4) is 0 Å². The lowest BCUT2D eigenvalue weighted by Crippen LogP contribution is -2.34. The average molecular weight is 392 g/mol. The smallest absolute Gasteiger partial charge is 0.328 e. The Balaban J connectivity index is 0.000000416. The summed E-state index contributed by atoms with van der Waals surface area (Å²) >= 11 is 0. The van der Waals surface area contributed by atoms with Gasteiger partial charge in [-0.25, -0.2) is 9.59 Å². The Morgan fingerprint density at radius 1 is 1.14 bits per heavy atom. The summed E-state index contributed by atoms with van der Waals surface area (Å²) in [5.41, 5.74) is 1.19. The van der Waals surface area contributed by atoms with Gasteiger partial charge in [0.1, 0.15) is 11.9 Å². The first-order chi connectivity index (χ1) is 13.4. The minimum atomic E-state index is -1.26. The zero-order chi connectivity index (χ0) is 20.8. The molecule has 1 aromatic rings. The third-order valence-corrected chi connectivity index (χ3v) is 4.10. The molecule has 28 heavy (non-hydrogen) atoms. The third-order valence-electron chi connectivity index (χ3n) is 4.10. The number of benzene rings is 1. The standard InChI is InChI=1S/C17H28N2O.C4H4O4/c1-14(2)4-3-11-19-15-5-7-16(8-6-15)20-17-9-12-18-13-10-17;5-3(6)1-2-4(7)8/h5-8,14,17-19H,3-4,9-13H2,1-2H3;1-2H,(H,5,6)(H,7,8)/b;2-1+. The van der Waals surface area contributed by atoms with E-state index in [1.165, 1.54) is 18.5 Å². The van der Waals surface area contributed by atoms with E-state index in [9.17, 15) is 9.59 Å². The number of ether oxygens (including phenoxy) is 1.